The van der Waals surface area contributed by atoms with E-state index in [4.69, 9.17) is 9.47 Å². The second-order valence-electron chi connectivity index (χ2n) is 4.84. The highest BCUT2D eigenvalue weighted by Crippen LogP contribution is 2.27. The summed E-state index contributed by atoms with van der Waals surface area (Å²) in [5.74, 6) is 1.09. The van der Waals surface area contributed by atoms with E-state index in [0.717, 1.165) is 5.56 Å². The van der Waals surface area contributed by atoms with Gasteiger partial charge in [0.2, 0.25) is 5.91 Å². The van der Waals surface area contributed by atoms with Crippen LogP contribution in [0.1, 0.15) is 5.56 Å². The molecular weight excluding hydrogens is 286 g/mol. The number of nitrogens with zero attached hydrogens (tertiary/aromatic N) is 1. The molecule has 22 heavy (non-hydrogen) atoms. The molecule has 0 spiro atoms. The Morgan fingerprint density at radius 1 is 1.05 bits per heavy atom. The number of amides is 3. The number of hydrogen-bond acceptors (Lipinski definition) is 4. The first-order chi connectivity index (χ1) is 10.5. The predicted octanol–water partition coefficient (Wildman–Crippen LogP) is 0.634. The topological polar surface area (TPSA) is 79.9 Å². The zero-order valence-corrected chi connectivity index (χ0v) is 13.4. The molecule has 0 aromatic heterocycles. The minimum atomic E-state index is -0.186. The molecule has 0 radical (unpaired) electrons. The number of carbonyl (C=O) groups excluding carboxylic acids is 2. The Bertz CT molecular complexity index is 518. The minimum absolute atomic E-state index is 0.119. The molecule has 0 bridgehead atoms. The molecule has 3 amide bonds. The van der Waals surface area contributed by atoms with E-state index in [0.29, 0.717) is 24.6 Å². The number of urea groups is 1. The van der Waals surface area contributed by atoms with Gasteiger partial charge < -0.3 is 25.0 Å². The van der Waals surface area contributed by atoms with Crippen molar-refractivity contribution in [3.63, 3.8) is 0 Å². The molecule has 0 aliphatic carbocycles. The molecule has 0 fully saturated rings. The van der Waals surface area contributed by atoms with Crippen molar-refractivity contribution in [1.29, 1.82) is 0 Å². The number of ether oxygens (including phenoxy) is 2. The van der Waals surface area contributed by atoms with Crippen LogP contribution in [-0.2, 0) is 11.2 Å². The van der Waals surface area contributed by atoms with E-state index in [9.17, 15) is 9.59 Å². The van der Waals surface area contributed by atoms with Crippen LogP contribution in [0.4, 0.5) is 4.79 Å². The van der Waals surface area contributed by atoms with Crippen molar-refractivity contribution in [2.24, 2.45) is 0 Å². The third kappa shape index (κ3) is 5.51. The van der Waals surface area contributed by atoms with Crippen molar-refractivity contribution >= 4 is 11.9 Å². The van der Waals surface area contributed by atoms with E-state index < -0.39 is 0 Å². The molecule has 0 saturated heterocycles. The fraction of sp³-hybridized carbons (Fsp3) is 0.467. The highest BCUT2D eigenvalue weighted by molar-refractivity contribution is 5.79. The summed E-state index contributed by atoms with van der Waals surface area (Å²) in [7, 11) is 6.43. The summed E-state index contributed by atoms with van der Waals surface area (Å²) in [6, 6.07) is 5.16. The molecule has 0 saturated carbocycles. The molecule has 0 unspecified atom stereocenters. The molecule has 0 heterocycles. The van der Waals surface area contributed by atoms with Crippen LogP contribution in [0, 0.1) is 0 Å². The Kier molecular flexibility index (Phi) is 7.01. The third-order valence-corrected chi connectivity index (χ3v) is 2.94. The van der Waals surface area contributed by atoms with Gasteiger partial charge in [-0.15, -0.1) is 0 Å². The molecule has 0 atom stereocenters. The van der Waals surface area contributed by atoms with Crippen molar-refractivity contribution in [3.8, 4) is 11.5 Å². The van der Waals surface area contributed by atoms with Gasteiger partial charge in [-0.2, -0.15) is 0 Å². The van der Waals surface area contributed by atoms with E-state index in [-0.39, 0.29) is 18.4 Å². The highest BCUT2D eigenvalue weighted by atomic mass is 16.5. The van der Waals surface area contributed by atoms with Crippen LogP contribution in [-0.4, -0.2) is 58.2 Å². The molecule has 7 nitrogen and oxygen atoms in total. The first kappa shape index (κ1) is 17.6. The summed E-state index contributed by atoms with van der Waals surface area (Å²) in [5, 5.41) is 5.42. The Morgan fingerprint density at radius 2 is 1.68 bits per heavy atom. The number of methoxy groups -OCH3 is 2. The Morgan fingerprint density at radius 3 is 2.27 bits per heavy atom. The first-order valence-corrected chi connectivity index (χ1v) is 6.90. The fourth-order valence-electron chi connectivity index (χ4n) is 1.77. The van der Waals surface area contributed by atoms with Crippen LogP contribution in [0.25, 0.3) is 0 Å². The molecule has 1 aromatic carbocycles. The Balaban J connectivity index is 2.40. The maximum absolute atomic E-state index is 11.8. The summed E-state index contributed by atoms with van der Waals surface area (Å²) in [6.07, 6.45) is 0.238. The quantitative estimate of drug-likeness (QED) is 0.724. The summed E-state index contributed by atoms with van der Waals surface area (Å²) in [5.41, 5.74) is 0.826. The van der Waals surface area contributed by atoms with Crippen LogP contribution < -0.4 is 20.1 Å². The van der Waals surface area contributed by atoms with Gasteiger partial charge in [-0.25, -0.2) is 4.79 Å². The van der Waals surface area contributed by atoms with Gasteiger partial charge in [-0.05, 0) is 17.7 Å². The molecule has 1 aromatic rings. The molecule has 0 aliphatic heterocycles. The average Bonchev–Trinajstić information content (AvgIpc) is 2.50. The van der Waals surface area contributed by atoms with Crippen molar-refractivity contribution < 1.29 is 19.1 Å². The zero-order valence-electron chi connectivity index (χ0n) is 13.4. The Labute approximate surface area is 130 Å². The number of hydrogen-bond donors (Lipinski definition) is 2. The van der Waals surface area contributed by atoms with Gasteiger partial charge in [0, 0.05) is 27.2 Å². The molecule has 7 heteroatoms. The van der Waals surface area contributed by atoms with E-state index >= 15 is 0 Å². The van der Waals surface area contributed by atoms with Gasteiger partial charge in [0.05, 0.1) is 20.6 Å². The number of benzene rings is 1. The lowest BCUT2D eigenvalue weighted by atomic mass is 10.1. The largest absolute Gasteiger partial charge is 0.493 e. The maximum Gasteiger partial charge on any atom is 0.316 e. The maximum atomic E-state index is 11.8. The van der Waals surface area contributed by atoms with Gasteiger partial charge >= 0.3 is 6.03 Å². The lowest BCUT2D eigenvalue weighted by Gasteiger charge is -2.12. The van der Waals surface area contributed by atoms with E-state index in [1.54, 1.807) is 40.4 Å². The molecule has 2 N–H and O–H groups in total. The zero-order chi connectivity index (χ0) is 16.5. The number of carbonyl (C=O) groups is 2. The van der Waals surface area contributed by atoms with Crippen molar-refractivity contribution in [3.05, 3.63) is 23.8 Å². The van der Waals surface area contributed by atoms with Gasteiger partial charge in [-0.3, -0.25) is 4.79 Å². The van der Waals surface area contributed by atoms with Crippen LogP contribution in [0.2, 0.25) is 0 Å². The number of nitrogens with one attached hydrogen (secondary N) is 2. The lowest BCUT2D eigenvalue weighted by Crippen LogP contribution is -2.39. The van der Waals surface area contributed by atoms with Crippen LogP contribution in [0.15, 0.2) is 18.2 Å². The van der Waals surface area contributed by atoms with Gasteiger partial charge in [0.15, 0.2) is 11.5 Å². The van der Waals surface area contributed by atoms with E-state index in [1.807, 2.05) is 6.07 Å². The predicted molar refractivity (Wildman–Crippen MR) is 83.3 cm³/mol. The van der Waals surface area contributed by atoms with Crippen molar-refractivity contribution in [2.45, 2.75) is 6.42 Å². The standard InChI is InChI=1S/C15H23N3O4/c1-18(2)15(20)17-8-7-16-14(19)10-11-5-6-12(21-3)13(9-11)22-4/h5-6,9H,7-8,10H2,1-4H3,(H,16,19)(H,17,20). The molecule has 0 aliphatic rings. The molecule has 1 rings (SSSR count). The average molecular weight is 309 g/mol. The summed E-state index contributed by atoms with van der Waals surface area (Å²) < 4.78 is 10.3. The minimum Gasteiger partial charge on any atom is -0.493 e. The Hall–Kier alpha value is -2.44. The SMILES string of the molecule is COc1ccc(CC(=O)NCCNC(=O)N(C)C)cc1OC. The smallest absolute Gasteiger partial charge is 0.316 e. The third-order valence-electron chi connectivity index (χ3n) is 2.94. The second-order valence-corrected chi connectivity index (χ2v) is 4.84. The highest BCUT2D eigenvalue weighted by Gasteiger charge is 2.08. The van der Waals surface area contributed by atoms with Crippen molar-refractivity contribution in [1.82, 2.24) is 15.5 Å². The van der Waals surface area contributed by atoms with Crippen LogP contribution in [0.3, 0.4) is 0 Å². The fourth-order valence-corrected chi connectivity index (χ4v) is 1.77. The van der Waals surface area contributed by atoms with E-state index in [2.05, 4.69) is 10.6 Å². The normalized spacial score (nSPS) is 9.82. The van der Waals surface area contributed by atoms with Gasteiger partial charge in [-0.1, -0.05) is 6.07 Å². The molecule has 122 valence electrons. The summed E-state index contributed by atoms with van der Waals surface area (Å²) in [6.45, 7) is 0.764. The molecular formula is C15H23N3O4. The van der Waals surface area contributed by atoms with Gasteiger partial charge in [0.1, 0.15) is 0 Å². The van der Waals surface area contributed by atoms with Gasteiger partial charge in [0.25, 0.3) is 0 Å². The number of rotatable bonds is 7. The summed E-state index contributed by atoms with van der Waals surface area (Å²) >= 11 is 0. The lowest BCUT2D eigenvalue weighted by molar-refractivity contribution is -0.120. The monoisotopic (exact) mass is 309 g/mol. The first-order valence-electron chi connectivity index (χ1n) is 6.90. The van der Waals surface area contributed by atoms with Crippen LogP contribution in [0.5, 0.6) is 11.5 Å². The summed E-state index contributed by atoms with van der Waals surface area (Å²) in [4.78, 5) is 24.6. The van der Waals surface area contributed by atoms with Crippen LogP contribution >= 0.6 is 0 Å². The van der Waals surface area contributed by atoms with Crippen molar-refractivity contribution in [2.75, 3.05) is 41.4 Å². The second kappa shape index (κ2) is 8.76. The van der Waals surface area contributed by atoms with E-state index in [1.165, 1.54) is 4.90 Å².